The minimum Gasteiger partial charge on any atom is -0.406 e. The molecule has 0 aliphatic rings. The molecule has 0 aliphatic heterocycles. The zero-order valence-electron chi connectivity index (χ0n) is 13.2. The third kappa shape index (κ3) is 6.34. The Kier molecular flexibility index (Phi) is 6.24. The average molecular weight is 353 g/mol. The third-order valence-electron chi connectivity index (χ3n) is 3.33. The largest absolute Gasteiger partial charge is 0.573 e. The van der Waals surface area contributed by atoms with Crippen molar-refractivity contribution in [2.75, 3.05) is 18.5 Å². The van der Waals surface area contributed by atoms with E-state index in [0.29, 0.717) is 5.69 Å². The van der Waals surface area contributed by atoms with Gasteiger partial charge in [-0.1, -0.05) is 30.3 Å². The molecule has 2 rings (SSSR count). The van der Waals surface area contributed by atoms with Crippen molar-refractivity contribution in [2.24, 2.45) is 10.7 Å². The lowest BCUT2D eigenvalue weighted by molar-refractivity contribution is -0.274. The quantitative estimate of drug-likeness (QED) is 0.551. The van der Waals surface area contributed by atoms with Crippen molar-refractivity contribution in [2.45, 2.75) is 12.3 Å². The average Bonchev–Trinajstić information content (AvgIpc) is 2.57. The van der Waals surface area contributed by atoms with E-state index in [-0.39, 0.29) is 30.8 Å². The van der Waals surface area contributed by atoms with Crippen LogP contribution in [0.15, 0.2) is 59.6 Å². The lowest BCUT2D eigenvalue weighted by Gasteiger charge is -2.13. The van der Waals surface area contributed by atoms with Gasteiger partial charge in [0, 0.05) is 11.6 Å². The van der Waals surface area contributed by atoms with Crippen molar-refractivity contribution in [1.82, 2.24) is 0 Å². The number of nitrogens with two attached hydrogens (primary N) is 1. The van der Waals surface area contributed by atoms with E-state index >= 15 is 0 Å². The number of aliphatic imine (C=N–C) groups is 1. The molecule has 25 heavy (non-hydrogen) atoms. The first-order valence-electron chi connectivity index (χ1n) is 7.46. The van der Waals surface area contributed by atoms with Crippen molar-refractivity contribution < 1.29 is 23.0 Å². The minimum absolute atomic E-state index is 0.0791. The number of halogens is 3. The predicted molar refractivity (Wildman–Crippen MR) is 89.5 cm³/mol. The number of anilines is 1. The summed E-state index contributed by atoms with van der Waals surface area (Å²) in [7, 11) is 0. The maximum atomic E-state index is 12.1. The fraction of sp³-hybridized carbons (Fsp3) is 0.235. The number of nitrogens with zero attached hydrogens (tertiary/aromatic N) is 1. The van der Waals surface area contributed by atoms with Gasteiger partial charge < -0.3 is 20.9 Å². The molecular weight excluding hydrogens is 335 g/mol. The van der Waals surface area contributed by atoms with Gasteiger partial charge in [0.2, 0.25) is 0 Å². The Bertz CT molecular complexity index is 689. The molecule has 0 heterocycles. The van der Waals surface area contributed by atoms with E-state index in [1.54, 1.807) is 0 Å². The van der Waals surface area contributed by atoms with Gasteiger partial charge in [0.1, 0.15) is 5.75 Å². The zero-order valence-corrected chi connectivity index (χ0v) is 13.2. The van der Waals surface area contributed by atoms with Crippen LogP contribution in [0, 0.1) is 0 Å². The molecular formula is C17H18F3N3O2. The number of aliphatic hydroxyl groups is 1. The van der Waals surface area contributed by atoms with Gasteiger partial charge in [-0.05, 0) is 29.8 Å². The molecule has 134 valence electrons. The zero-order chi connectivity index (χ0) is 18.3. The number of ether oxygens (including phenoxy) is 1. The van der Waals surface area contributed by atoms with E-state index < -0.39 is 6.36 Å². The van der Waals surface area contributed by atoms with E-state index in [2.05, 4.69) is 15.0 Å². The monoisotopic (exact) mass is 353 g/mol. The molecule has 5 nitrogen and oxygen atoms in total. The van der Waals surface area contributed by atoms with Crippen LogP contribution in [0.3, 0.4) is 0 Å². The predicted octanol–water partition coefficient (Wildman–Crippen LogP) is 3.09. The maximum absolute atomic E-state index is 12.1. The highest BCUT2D eigenvalue weighted by molar-refractivity contribution is 5.92. The van der Waals surface area contributed by atoms with Gasteiger partial charge in [-0.3, -0.25) is 4.99 Å². The summed E-state index contributed by atoms with van der Waals surface area (Å²) in [6, 6.07) is 14.5. The minimum atomic E-state index is -4.73. The molecule has 4 N–H and O–H groups in total. The van der Waals surface area contributed by atoms with Gasteiger partial charge in [-0.15, -0.1) is 13.2 Å². The molecule has 1 atom stereocenters. The van der Waals surface area contributed by atoms with Crippen molar-refractivity contribution in [3.05, 3.63) is 60.2 Å². The Morgan fingerprint density at radius 1 is 1.12 bits per heavy atom. The van der Waals surface area contributed by atoms with Crippen LogP contribution in [-0.2, 0) is 0 Å². The summed E-state index contributed by atoms with van der Waals surface area (Å²) in [5.41, 5.74) is 7.18. The molecule has 0 aromatic heterocycles. The standard InChI is InChI=1S/C17H18F3N3O2/c18-17(19,20)25-15-8-6-14(7-9-15)23-16(21)22-10-13(11-24)12-4-2-1-3-5-12/h1-9,13,24H,10-11H2,(H3,21,22,23). The van der Waals surface area contributed by atoms with Crippen LogP contribution >= 0.6 is 0 Å². The first kappa shape index (κ1) is 18.6. The van der Waals surface area contributed by atoms with Crippen molar-refractivity contribution in [1.29, 1.82) is 0 Å². The number of alkyl halides is 3. The molecule has 0 saturated heterocycles. The van der Waals surface area contributed by atoms with E-state index in [1.165, 1.54) is 24.3 Å². The first-order chi connectivity index (χ1) is 11.9. The SMILES string of the molecule is NC(=NCC(CO)c1ccccc1)Nc1ccc(OC(F)(F)F)cc1. The van der Waals surface area contributed by atoms with Crippen LogP contribution in [0.2, 0.25) is 0 Å². The summed E-state index contributed by atoms with van der Waals surface area (Å²) in [6.07, 6.45) is -4.73. The number of nitrogens with one attached hydrogen (secondary N) is 1. The number of hydrogen-bond acceptors (Lipinski definition) is 3. The summed E-state index contributed by atoms with van der Waals surface area (Å²) < 4.78 is 40.1. The molecule has 0 radical (unpaired) electrons. The van der Waals surface area contributed by atoms with Crippen LogP contribution in [0.4, 0.5) is 18.9 Å². The van der Waals surface area contributed by atoms with E-state index in [9.17, 15) is 18.3 Å². The summed E-state index contributed by atoms with van der Waals surface area (Å²) in [6.45, 7) is 0.193. The summed E-state index contributed by atoms with van der Waals surface area (Å²) in [5.74, 6) is -0.416. The fourth-order valence-corrected chi connectivity index (χ4v) is 2.13. The number of hydrogen-bond donors (Lipinski definition) is 3. The van der Waals surface area contributed by atoms with E-state index in [0.717, 1.165) is 5.56 Å². The van der Waals surface area contributed by atoms with E-state index in [4.69, 9.17) is 5.73 Å². The van der Waals surface area contributed by atoms with Crippen LogP contribution in [0.1, 0.15) is 11.5 Å². The van der Waals surface area contributed by atoms with Gasteiger partial charge in [0.05, 0.1) is 13.2 Å². The summed E-state index contributed by atoms with van der Waals surface area (Å²) >= 11 is 0. The molecule has 0 amide bonds. The highest BCUT2D eigenvalue weighted by Crippen LogP contribution is 2.24. The number of aliphatic hydroxyl groups excluding tert-OH is 1. The molecule has 1 unspecified atom stereocenters. The Hall–Kier alpha value is -2.74. The second kappa shape index (κ2) is 8.39. The molecule has 0 aliphatic carbocycles. The second-order valence-corrected chi connectivity index (χ2v) is 5.21. The van der Waals surface area contributed by atoms with Gasteiger partial charge in [0.25, 0.3) is 0 Å². The second-order valence-electron chi connectivity index (χ2n) is 5.21. The highest BCUT2D eigenvalue weighted by atomic mass is 19.4. The molecule has 0 fully saturated rings. The molecule has 0 bridgehead atoms. The molecule has 0 spiro atoms. The van der Waals surface area contributed by atoms with Crippen LogP contribution in [0.5, 0.6) is 5.75 Å². The lowest BCUT2D eigenvalue weighted by atomic mass is 10.0. The Balaban J connectivity index is 1.94. The maximum Gasteiger partial charge on any atom is 0.573 e. The van der Waals surface area contributed by atoms with Gasteiger partial charge in [-0.2, -0.15) is 0 Å². The lowest BCUT2D eigenvalue weighted by Crippen LogP contribution is -2.24. The molecule has 2 aromatic rings. The molecule has 8 heteroatoms. The van der Waals surface area contributed by atoms with Gasteiger partial charge >= 0.3 is 6.36 Å². The van der Waals surface area contributed by atoms with Crippen molar-refractivity contribution in [3.63, 3.8) is 0 Å². The normalized spacial score (nSPS) is 13.4. The number of benzene rings is 2. The Labute approximate surface area is 143 Å². The Morgan fingerprint density at radius 2 is 1.76 bits per heavy atom. The summed E-state index contributed by atoms with van der Waals surface area (Å²) in [4.78, 5) is 4.16. The van der Waals surface area contributed by atoms with Gasteiger partial charge in [-0.25, -0.2) is 0 Å². The molecule has 0 saturated carbocycles. The summed E-state index contributed by atoms with van der Waals surface area (Å²) in [5, 5.41) is 12.2. The van der Waals surface area contributed by atoms with Crippen molar-refractivity contribution in [3.8, 4) is 5.75 Å². The number of rotatable bonds is 6. The van der Waals surface area contributed by atoms with Crippen molar-refractivity contribution >= 4 is 11.6 Å². The van der Waals surface area contributed by atoms with Crippen LogP contribution < -0.4 is 15.8 Å². The number of guanidine groups is 1. The topological polar surface area (TPSA) is 79.9 Å². The smallest absolute Gasteiger partial charge is 0.406 e. The first-order valence-corrected chi connectivity index (χ1v) is 7.46. The van der Waals surface area contributed by atoms with Crippen LogP contribution in [-0.4, -0.2) is 30.6 Å². The highest BCUT2D eigenvalue weighted by Gasteiger charge is 2.30. The Morgan fingerprint density at radius 3 is 2.32 bits per heavy atom. The van der Waals surface area contributed by atoms with Gasteiger partial charge in [0.15, 0.2) is 5.96 Å². The fourth-order valence-electron chi connectivity index (χ4n) is 2.13. The van der Waals surface area contributed by atoms with E-state index in [1.807, 2.05) is 30.3 Å². The van der Waals surface area contributed by atoms with Crippen LogP contribution in [0.25, 0.3) is 0 Å². The third-order valence-corrected chi connectivity index (χ3v) is 3.33. The molecule has 2 aromatic carbocycles.